The summed E-state index contributed by atoms with van der Waals surface area (Å²) < 4.78 is 0. The van der Waals surface area contributed by atoms with Crippen LogP contribution in [0.25, 0.3) is 0 Å². The minimum absolute atomic E-state index is 0.500. The molecule has 48 valence electrons. The van der Waals surface area contributed by atoms with Gasteiger partial charge in [-0.3, -0.25) is 20.2 Å². The molecule has 0 radical (unpaired) electrons. The number of nitrogens with zero attached hydrogens (tertiary/aromatic N) is 2. The molecule has 0 saturated carbocycles. The van der Waals surface area contributed by atoms with E-state index < -0.39 is 9.85 Å². The molecule has 0 atom stereocenters. The van der Waals surface area contributed by atoms with Crippen LogP contribution in [0.4, 0.5) is 0 Å². The molecule has 8 heavy (non-hydrogen) atoms. The number of nitro groups is 2. The molecule has 0 aromatic rings. The van der Waals surface area contributed by atoms with E-state index in [9.17, 15) is 0 Å². The first kappa shape index (κ1) is 9.93. The van der Waals surface area contributed by atoms with Crippen LogP contribution in [0.5, 0.6) is 0 Å². The average molecular weight is 122 g/mol. The summed E-state index contributed by atoms with van der Waals surface area (Å²) in [6.07, 6.45) is 0. The van der Waals surface area contributed by atoms with Gasteiger partial charge < -0.3 is 0 Å². The van der Waals surface area contributed by atoms with Gasteiger partial charge in [0.1, 0.15) is 0 Å². The van der Waals surface area contributed by atoms with E-state index in [0.717, 1.165) is 14.1 Å². The fourth-order valence-electron chi connectivity index (χ4n) is 0. The van der Waals surface area contributed by atoms with Gasteiger partial charge in [-0.05, 0) is 0 Å². The molecule has 0 saturated heterocycles. The van der Waals surface area contributed by atoms with Crippen molar-refractivity contribution in [3.63, 3.8) is 0 Å². The zero-order chi connectivity index (χ0) is 7.15. The van der Waals surface area contributed by atoms with Crippen molar-refractivity contribution in [1.82, 2.24) is 0 Å². The van der Waals surface area contributed by atoms with Gasteiger partial charge >= 0.3 is 0 Å². The monoisotopic (exact) mass is 122 g/mol. The van der Waals surface area contributed by atoms with Gasteiger partial charge in [0.25, 0.3) is 0 Å². The van der Waals surface area contributed by atoms with E-state index in [0.29, 0.717) is 0 Å². The lowest BCUT2D eigenvalue weighted by Crippen LogP contribution is -1.79. The van der Waals surface area contributed by atoms with Crippen LogP contribution in [0.15, 0.2) is 0 Å². The molecule has 0 spiro atoms. The Hall–Kier alpha value is -1.20. The minimum atomic E-state index is -0.500. The van der Waals surface area contributed by atoms with E-state index in [-0.39, 0.29) is 0 Å². The molecule has 0 aliphatic rings. The third kappa shape index (κ3) is 48.1. The van der Waals surface area contributed by atoms with E-state index in [2.05, 4.69) is 0 Å². The lowest BCUT2D eigenvalue weighted by Gasteiger charge is -1.63. The maximum Gasteiger partial charge on any atom is 0.194 e. The van der Waals surface area contributed by atoms with E-state index in [1.165, 1.54) is 0 Å². The molecule has 0 unspecified atom stereocenters. The van der Waals surface area contributed by atoms with E-state index in [1.807, 2.05) is 0 Å². The van der Waals surface area contributed by atoms with E-state index in [4.69, 9.17) is 20.2 Å². The van der Waals surface area contributed by atoms with Crippen molar-refractivity contribution in [2.75, 3.05) is 14.1 Å². The fraction of sp³-hybridized carbons (Fsp3) is 1.00. The van der Waals surface area contributed by atoms with Crippen molar-refractivity contribution in [3.05, 3.63) is 20.2 Å². The molecule has 6 nitrogen and oxygen atoms in total. The molecule has 0 bridgehead atoms. The van der Waals surface area contributed by atoms with Gasteiger partial charge in [0, 0.05) is 9.85 Å². The quantitative estimate of drug-likeness (QED) is 0.328. The van der Waals surface area contributed by atoms with Gasteiger partial charge in [-0.25, -0.2) is 0 Å². The summed E-state index contributed by atoms with van der Waals surface area (Å²) >= 11 is 0. The number of hydrogen-bond acceptors (Lipinski definition) is 4. The molecule has 6 heteroatoms. The highest BCUT2D eigenvalue weighted by molar-refractivity contribution is 3.91. The molecule has 0 heterocycles. The van der Waals surface area contributed by atoms with Gasteiger partial charge in [0.15, 0.2) is 14.1 Å². The van der Waals surface area contributed by atoms with Gasteiger partial charge in [0.2, 0.25) is 0 Å². The van der Waals surface area contributed by atoms with Crippen LogP contribution in [0, 0.1) is 20.2 Å². The predicted octanol–water partition coefficient (Wildman–Crippen LogP) is -0.214. The van der Waals surface area contributed by atoms with Crippen LogP contribution in [0.3, 0.4) is 0 Å². The summed E-state index contributed by atoms with van der Waals surface area (Å²) in [5.74, 6) is 0. The standard InChI is InChI=1S/2CH3NO2/c2*1-2(3)4/h2*1H3. The van der Waals surface area contributed by atoms with Crippen LogP contribution in [-0.2, 0) is 0 Å². The highest BCUT2D eigenvalue weighted by Crippen LogP contribution is 1.40. The molecular weight excluding hydrogens is 116 g/mol. The SMILES string of the molecule is C[N+](=O)[O-].C[N+](=O)[O-]. The van der Waals surface area contributed by atoms with Crippen molar-refractivity contribution >= 4 is 0 Å². The second-order valence-corrected chi connectivity index (χ2v) is 0.879. The summed E-state index contributed by atoms with van der Waals surface area (Å²) in [4.78, 5) is 16.6. The first-order chi connectivity index (χ1) is 3.46. The van der Waals surface area contributed by atoms with Gasteiger partial charge in [0.05, 0.1) is 0 Å². The van der Waals surface area contributed by atoms with Gasteiger partial charge in [-0.2, -0.15) is 0 Å². The third-order valence-corrected chi connectivity index (χ3v) is 0. The Balaban J connectivity index is 0. The zero-order valence-corrected chi connectivity index (χ0v) is 4.53. The maximum atomic E-state index is 8.81. The summed E-state index contributed by atoms with van der Waals surface area (Å²) in [6.45, 7) is 0. The van der Waals surface area contributed by atoms with Crippen LogP contribution in [-0.4, -0.2) is 23.9 Å². The van der Waals surface area contributed by atoms with Crippen molar-refractivity contribution in [3.8, 4) is 0 Å². The lowest BCUT2D eigenvalue weighted by atomic mass is 11.5. The summed E-state index contributed by atoms with van der Waals surface area (Å²) in [5.41, 5.74) is 0. The van der Waals surface area contributed by atoms with Crippen LogP contribution in [0.1, 0.15) is 0 Å². The first-order valence-corrected chi connectivity index (χ1v) is 1.62. The normalized spacial score (nSPS) is 6.25. The Morgan fingerprint density at radius 2 is 1.00 bits per heavy atom. The second kappa shape index (κ2) is 5.80. The summed E-state index contributed by atoms with van der Waals surface area (Å²) in [7, 11) is 1.78. The van der Waals surface area contributed by atoms with Crippen molar-refractivity contribution in [2.24, 2.45) is 0 Å². The first-order valence-electron chi connectivity index (χ1n) is 1.62. The Bertz CT molecular complexity index is 70.0. The fourth-order valence-corrected chi connectivity index (χ4v) is 0. The highest BCUT2D eigenvalue weighted by Gasteiger charge is 1.57. The maximum absolute atomic E-state index is 8.81. The summed E-state index contributed by atoms with van der Waals surface area (Å²) in [6, 6.07) is 0. The number of hydrogen-bond donors (Lipinski definition) is 0. The Morgan fingerprint density at radius 1 is 1.00 bits per heavy atom. The van der Waals surface area contributed by atoms with Crippen LogP contribution < -0.4 is 0 Å². The third-order valence-electron chi connectivity index (χ3n) is 0. The largest absolute Gasteiger partial charge is 0.265 e. The van der Waals surface area contributed by atoms with Crippen molar-refractivity contribution in [1.29, 1.82) is 0 Å². The van der Waals surface area contributed by atoms with Crippen LogP contribution >= 0.6 is 0 Å². The molecule has 0 aromatic carbocycles. The minimum Gasteiger partial charge on any atom is -0.265 e. The average Bonchev–Trinajstić information content (AvgIpc) is 1.25. The van der Waals surface area contributed by atoms with Crippen molar-refractivity contribution in [2.45, 2.75) is 0 Å². The number of rotatable bonds is 0. The van der Waals surface area contributed by atoms with Crippen molar-refractivity contribution < 1.29 is 9.85 Å². The van der Waals surface area contributed by atoms with Gasteiger partial charge in [-0.1, -0.05) is 0 Å². The molecule has 0 fully saturated rings. The smallest absolute Gasteiger partial charge is 0.194 e. The van der Waals surface area contributed by atoms with Gasteiger partial charge in [-0.15, -0.1) is 0 Å². The molecule has 0 aliphatic heterocycles. The van der Waals surface area contributed by atoms with Crippen LogP contribution in [0.2, 0.25) is 0 Å². The molecular formula is C2H6N2O4. The van der Waals surface area contributed by atoms with E-state index in [1.54, 1.807) is 0 Å². The topological polar surface area (TPSA) is 86.3 Å². The zero-order valence-electron chi connectivity index (χ0n) is 4.53. The molecule has 0 N–H and O–H groups in total. The molecule has 0 aromatic heterocycles. The summed E-state index contributed by atoms with van der Waals surface area (Å²) in [5, 5.41) is 17.6. The Morgan fingerprint density at radius 3 is 1.00 bits per heavy atom. The Labute approximate surface area is 45.4 Å². The van der Waals surface area contributed by atoms with E-state index >= 15 is 0 Å². The highest BCUT2D eigenvalue weighted by atomic mass is 16.6. The Kier molecular flexibility index (Phi) is 7.20. The molecule has 0 amide bonds. The lowest BCUT2D eigenvalue weighted by molar-refractivity contribution is -0.445. The second-order valence-electron chi connectivity index (χ2n) is 0.879. The predicted molar refractivity (Wildman–Crippen MR) is 25.8 cm³/mol. The molecule has 0 aliphatic carbocycles. The molecule has 0 rings (SSSR count).